The molecular weight excluding hydrogens is 440 g/mol. The Hall–Kier alpha value is -2.72. The minimum atomic E-state index is -3.92. The Bertz CT molecular complexity index is 1070. The Labute approximate surface area is 185 Å². The quantitative estimate of drug-likeness (QED) is 0.425. The number of phenols is 1. The molecule has 1 aliphatic rings. The first kappa shape index (κ1) is 23.0. The fourth-order valence-electron chi connectivity index (χ4n) is 3.58. The molecule has 2 aromatic carbocycles. The number of nitrogens with one attached hydrogen (secondary N) is 2. The van der Waals surface area contributed by atoms with E-state index < -0.39 is 45.6 Å². The highest BCUT2D eigenvalue weighted by Crippen LogP contribution is 2.32. The van der Waals surface area contributed by atoms with Gasteiger partial charge < -0.3 is 20.5 Å². The fraction of sp³-hybridized carbons (Fsp3) is 0.333. The van der Waals surface area contributed by atoms with E-state index in [1.807, 2.05) is 24.5 Å². The molecule has 8 nitrogen and oxygen atoms in total. The second kappa shape index (κ2) is 9.61. The van der Waals surface area contributed by atoms with Gasteiger partial charge in [0.25, 0.3) is 0 Å². The van der Waals surface area contributed by atoms with Gasteiger partial charge in [-0.05, 0) is 49.1 Å². The maximum atomic E-state index is 13.0. The number of thioether (sulfide) groups is 1. The molecule has 0 saturated carbocycles. The fourth-order valence-corrected chi connectivity index (χ4v) is 5.59. The van der Waals surface area contributed by atoms with Crippen LogP contribution in [0.5, 0.6) is 5.75 Å². The Morgan fingerprint density at radius 3 is 2.58 bits per heavy atom. The van der Waals surface area contributed by atoms with Crippen LogP contribution >= 0.6 is 11.8 Å². The van der Waals surface area contributed by atoms with Crippen molar-refractivity contribution in [2.75, 3.05) is 18.6 Å². The molecule has 3 atom stereocenters. The molecule has 3 unspecified atom stereocenters. The van der Waals surface area contributed by atoms with Crippen LogP contribution in [0.3, 0.4) is 0 Å². The van der Waals surface area contributed by atoms with Crippen LogP contribution in [0, 0.1) is 5.92 Å². The van der Waals surface area contributed by atoms with Gasteiger partial charge in [0, 0.05) is 4.90 Å². The number of benzene rings is 2. The summed E-state index contributed by atoms with van der Waals surface area (Å²) in [5, 5.41) is 15.0. The number of aromatic hydroxyl groups is 1. The third kappa shape index (κ3) is 5.31. The molecule has 2 amide bonds. The lowest BCUT2D eigenvalue weighted by atomic mass is 9.86. The van der Waals surface area contributed by atoms with Crippen molar-refractivity contribution in [1.82, 2.24) is 10.6 Å². The zero-order chi connectivity index (χ0) is 22.6. The highest BCUT2D eigenvalue weighted by Gasteiger charge is 2.45. The molecule has 1 aliphatic heterocycles. The molecule has 1 saturated heterocycles. The van der Waals surface area contributed by atoms with Crippen molar-refractivity contribution in [3.8, 4) is 5.75 Å². The molecule has 3 rings (SSSR count). The van der Waals surface area contributed by atoms with Crippen LogP contribution in [-0.4, -0.2) is 50.2 Å². The van der Waals surface area contributed by atoms with Gasteiger partial charge in [-0.1, -0.05) is 18.2 Å². The SMILES string of the molecule is CCOC(=O)C1C(CS(=O)(=O)c2cccc(O)c2)NC(=O)NC1c1cccc(SC)c1. The van der Waals surface area contributed by atoms with E-state index in [1.165, 1.54) is 30.0 Å². The van der Waals surface area contributed by atoms with Crippen LogP contribution in [-0.2, 0) is 19.4 Å². The predicted octanol–water partition coefficient (Wildman–Crippen LogP) is 2.49. The third-order valence-electron chi connectivity index (χ3n) is 4.98. The summed E-state index contributed by atoms with van der Waals surface area (Å²) in [7, 11) is -3.92. The lowest BCUT2D eigenvalue weighted by molar-refractivity contribution is -0.150. The number of urea groups is 1. The highest BCUT2D eigenvalue weighted by atomic mass is 32.2. The molecular formula is C21H24N2O6S2. The number of sulfone groups is 1. The molecule has 31 heavy (non-hydrogen) atoms. The van der Waals surface area contributed by atoms with Gasteiger partial charge in [0.2, 0.25) is 0 Å². The van der Waals surface area contributed by atoms with Gasteiger partial charge in [-0.2, -0.15) is 0 Å². The van der Waals surface area contributed by atoms with Crippen LogP contribution in [0.2, 0.25) is 0 Å². The normalized spacial score (nSPS) is 21.1. The van der Waals surface area contributed by atoms with Gasteiger partial charge in [-0.3, -0.25) is 4.79 Å². The summed E-state index contributed by atoms with van der Waals surface area (Å²) in [5.74, 6) is -2.29. The second-order valence-corrected chi connectivity index (χ2v) is 9.95. The molecule has 166 valence electrons. The second-order valence-electron chi connectivity index (χ2n) is 7.04. The molecule has 2 aromatic rings. The minimum Gasteiger partial charge on any atom is -0.508 e. The number of ether oxygens (including phenoxy) is 1. The van der Waals surface area contributed by atoms with Crippen LogP contribution in [0.25, 0.3) is 0 Å². The number of phenolic OH excluding ortho intramolecular Hbond substituents is 1. The Balaban J connectivity index is 2.00. The largest absolute Gasteiger partial charge is 0.508 e. The zero-order valence-electron chi connectivity index (χ0n) is 17.1. The van der Waals surface area contributed by atoms with Crippen molar-refractivity contribution in [1.29, 1.82) is 0 Å². The lowest BCUT2D eigenvalue weighted by Gasteiger charge is -2.38. The lowest BCUT2D eigenvalue weighted by Crippen LogP contribution is -2.60. The topological polar surface area (TPSA) is 122 Å². The monoisotopic (exact) mass is 464 g/mol. The van der Waals surface area contributed by atoms with E-state index in [1.54, 1.807) is 13.0 Å². The summed E-state index contributed by atoms with van der Waals surface area (Å²) in [4.78, 5) is 26.1. The number of esters is 1. The number of carbonyl (C=O) groups is 2. The summed E-state index contributed by atoms with van der Waals surface area (Å²) in [6.45, 7) is 1.78. The summed E-state index contributed by atoms with van der Waals surface area (Å²) >= 11 is 1.51. The smallest absolute Gasteiger partial charge is 0.315 e. The average molecular weight is 465 g/mol. The summed E-state index contributed by atoms with van der Waals surface area (Å²) in [6.07, 6.45) is 1.91. The molecule has 10 heteroatoms. The number of rotatable bonds is 7. The van der Waals surface area contributed by atoms with E-state index in [4.69, 9.17) is 4.74 Å². The van der Waals surface area contributed by atoms with Crippen LogP contribution < -0.4 is 10.6 Å². The first-order valence-corrected chi connectivity index (χ1v) is 12.5. The van der Waals surface area contributed by atoms with Crippen molar-refractivity contribution < 1.29 is 27.9 Å². The summed E-state index contributed by atoms with van der Waals surface area (Å²) in [5.41, 5.74) is 0.680. The van der Waals surface area contributed by atoms with E-state index in [0.29, 0.717) is 5.56 Å². The number of carbonyl (C=O) groups excluding carboxylic acids is 2. The van der Waals surface area contributed by atoms with Gasteiger partial charge in [-0.15, -0.1) is 11.8 Å². The first-order valence-electron chi connectivity index (χ1n) is 9.64. The molecule has 0 aliphatic carbocycles. The molecule has 3 N–H and O–H groups in total. The van der Waals surface area contributed by atoms with E-state index >= 15 is 0 Å². The average Bonchev–Trinajstić information content (AvgIpc) is 2.73. The molecule has 0 aromatic heterocycles. The molecule has 0 bridgehead atoms. The van der Waals surface area contributed by atoms with Gasteiger partial charge in [0.1, 0.15) is 11.7 Å². The molecule has 0 spiro atoms. The van der Waals surface area contributed by atoms with Gasteiger partial charge >= 0.3 is 12.0 Å². The summed E-state index contributed by atoms with van der Waals surface area (Å²) < 4.78 is 31.2. The van der Waals surface area contributed by atoms with Gasteiger partial charge in [0.15, 0.2) is 9.84 Å². The van der Waals surface area contributed by atoms with E-state index in [9.17, 15) is 23.1 Å². The number of amides is 2. The zero-order valence-corrected chi connectivity index (χ0v) is 18.7. The molecule has 1 fully saturated rings. The standard InChI is InChI=1S/C21H24N2O6S2/c1-3-29-20(25)18-17(12-31(27,28)16-9-5-7-14(24)11-16)22-21(26)23-19(18)13-6-4-8-15(10-13)30-2/h4-11,17-19,24H,3,12H2,1-2H3,(H2,22,23,26). The molecule has 1 heterocycles. The van der Waals surface area contributed by atoms with Crippen molar-refractivity contribution in [3.05, 3.63) is 54.1 Å². The Morgan fingerprint density at radius 1 is 1.16 bits per heavy atom. The van der Waals surface area contributed by atoms with Gasteiger partial charge in [0.05, 0.1) is 29.3 Å². The van der Waals surface area contributed by atoms with Crippen LogP contribution in [0.4, 0.5) is 4.79 Å². The number of hydrogen-bond acceptors (Lipinski definition) is 7. The van der Waals surface area contributed by atoms with Crippen molar-refractivity contribution in [3.63, 3.8) is 0 Å². The van der Waals surface area contributed by atoms with Crippen molar-refractivity contribution >= 4 is 33.6 Å². The van der Waals surface area contributed by atoms with Crippen molar-refractivity contribution in [2.24, 2.45) is 5.92 Å². The maximum absolute atomic E-state index is 13.0. The third-order valence-corrected chi connectivity index (χ3v) is 7.48. The molecule has 0 radical (unpaired) electrons. The van der Waals surface area contributed by atoms with Crippen LogP contribution in [0.15, 0.2) is 58.3 Å². The van der Waals surface area contributed by atoms with E-state index in [-0.39, 0.29) is 17.3 Å². The Kier molecular flexibility index (Phi) is 7.11. The van der Waals surface area contributed by atoms with Crippen molar-refractivity contribution in [2.45, 2.75) is 28.8 Å². The summed E-state index contributed by atoms with van der Waals surface area (Å²) in [6, 6.07) is 10.3. The van der Waals surface area contributed by atoms with E-state index in [0.717, 1.165) is 11.0 Å². The van der Waals surface area contributed by atoms with Crippen LogP contribution in [0.1, 0.15) is 18.5 Å². The highest BCUT2D eigenvalue weighted by molar-refractivity contribution is 7.98. The predicted molar refractivity (Wildman–Crippen MR) is 117 cm³/mol. The Morgan fingerprint density at radius 2 is 1.90 bits per heavy atom. The first-order chi connectivity index (χ1) is 14.7. The maximum Gasteiger partial charge on any atom is 0.315 e. The minimum absolute atomic E-state index is 0.0937. The number of hydrogen-bond donors (Lipinski definition) is 3. The van der Waals surface area contributed by atoms with Gasteiger partial charge in [-0.25, -0.2) is 13.2 Å². The van der Waals surface area contributed by atoms with E-state index in [2.05, 4.69) is 10.6 Å².